The molecule has 0 atom stereocenters. The number of hydrogen-bond acceptors (Lipinski definition) is 4. The van der Waals surface area contributed by atoms with Gasteiger partial charge in [0, 0.05) is 6.20 Å². The van der Waals surface area contributed by atoms with Crippen LogP contribution in [-0.2, 0) is 10.3 Å². The summed E-state index contributed by atoms with van der Waals surface area (Å²) in [5.41, 5.74) is 2.69. The lowest BCUT2D eigenvalue weighted by molar-refractivity contribution is 0.0527. The molecular weight excluding hydrogens is 374 g/mol. The Morgan fingerprint density at radius 3 is 1.77 bits per heavy atom. The molecule has 4 rings (SSSR count). The number of aromatic amines is 1. The highest BCUT2D eigenvalue weighted by atomic mass is 16.5. The second-order valence-corrected chi connectivity index (χ2v) is 6.84. The van der Waals surface area contributed by atoms with Crippen LogP contribution in [0.15, 0.2) is 97.2 Å². The molecule has 2 N–H and O–H groups in total. The fraction of sp³-hybridized carbons (Fsp3) is 0.120. The molecule has 1 heterocycles. The molecule has 150 valence electrons. The molecule has 5 nitrogen and oxygen atoms in total. The highest BCUT2D eigenvalue weighted by Gasteiger charge is 2.38. The summed E-state index contributed by atoms with van der Waals surface area (Å²) in [6.45, 7) is 2.08. The summed E-state index contributed by atoms with van der Waals surface area (Å²) in [7, 11) is 0. The van der Waals surface area contributed by atoms with Gasteiger partial charge in [-0.1, -0.05) is 91.0 Å². The Labute approximate surface area is 175 Å². The predicted octanol–water partition coefficient (Wildman–Crippen LogP) is 4.99. The van der Waals surface area contributed by atoms with Gasteiger partial charge < -0.3 is 10.1 Å². The highest BCUT2D eigenvalue weighted by Crippen LogP contribution is 2.40. The lowest BCUT2D eigenvalue weighted by Crippen LogP contribution is -2.38. The number of carbonyl (C=O) groups is 1. The number of ether oxygens (including phenoxy) is 1. The van der Waals surface area contributed by atoms with E-state index in [-0.39, 0.29) is 0 Å². The van der Waals surface area contributed by atoms with Crippen LogP contribution >= 0.6 is 0 Å². The van der Waals surface area contributed by atoms with Crippen LogP contribution in [0.25, 0.3) is 0 Å². The first-order valence-electron chi connectivity index (χ1n) is 9.91. The second kappa shape index (κ2) is 8.66. The molecule has 0 amide bonds. The van der Waals surface area contributed by atoms with E-state index in [0.717, 1.165) is 16.7 Å². The second-order valence-electron chi connectivity index (χ2n) is 6.84. The fourth-order valence-electron chi connectivity index (χ4n) is 3.71. The molecule has 0 saturated carbocycles. The van der Waals surface area contributed by atoms with Crippen molar-refractivity contribution in [3.05, 3.63) is 119 Å². The molecule has 0 spiro atoms. The monoisotopic (exact) mass is 397 g/mol. The molecule has 1 aromatic heterocycles. The topological polar surface area (TPSA) is 67.0 Å². The van der Waals surface area contributed by atoms with E-state index in [4.69, 9.17) is 4.74 Å². The summed E-state index contributed by atoms with van der Waals surface area (Å²) in [6, 6.07) is 30.5. The number of esters is 1. The molecule has 0 aliphatic heterocycles. The largest absolute Gasteiger partial charge is 0.462 e. The zero-order chi connectivity index (χ0) is 20.8. The van der Waals surface area contributed by atoms with Gasteiger partial charge in [-0.2, -0.15) is 5.10 Å². The van der Waals surface area contributed by atoms with E-state index in [0.29, 0.717) is 18.0 Å². The van der Waals surface area contributed by atoms with E-state index in [2.05, 4.69) is 51.9 Å². The number of aromatic nitrogens is 2. The average molecular weight is 397 g/mol. The number of carbonyl (C=O) groups excluding carboxylic acids is 1. The molecule has 4 aromatic rings. The number of nitrogens with one attached hydrogen (secondary N) is 2. The van der Waals surface area contributed by atoms with Gasteiger partial charge in [0.1, 0.15) is 11.1 Å². The molecule has 0 aliphatic rings. The van der Waals surface area contributed by atoms with Gasteiger partial charge in [-0.25, -0.2) is 4.79 Å². The van der Waals surface area contributed by atoms with Gasteiger partial charge in [-0.15, -0.1) is 0 Å². The van der Waals surface area contributed by atoms with Crippen molar-refractivity contribution in [1.29, 1.82) is 0 Å². The molecule has 3 aromatic carbocycles. The number of hydrogen-bond donors (Lipinski definition) is 2. The SMILES string of the molecule is CCOC(=O)c1c[nH]nc1NC(c1ccccc1)(c1ccccc1)c1ccccc1. The van der Waals surface area contributed by atoms with Crippen molar-refractivity contribution >= 4 is 11.8 Å². The number of anilines is 1. The van der Waals surface area contributed by atoms with Crippen LogP contribution in [0.3, 0.4) is 0 Å². The predicted molar refractivity (Wildman–Crippen MR) is 117 cm³/mol. The normalized spacial score (nSPS) is 11.1. The lowest BCUT2D eigenvalue weighted by Gasteiger charge is -2.37. The molecule has 0 radical (unpaired) electrons. The summed E-state index contributed by atoms with van der Waals surface area (Å²) in [4.78, 5) is 12.5. The summed E-state index contributed by atoms with van der Waals surface area (Å²) in [6.07, 6.45) is 1.56. The fourth-order valence-corrected chi connectivity index (χ4v) is 3.71. The van der Waals surface area contributed by atoms with E-state index in [1.165, 1.54) is 0 Å². The maximum absolute atomic E-state index is 12.5. The number of nitrogens with zero attached hydrogens (tertiary/aromatic N) is 1. The van der Waals surface area contributed by atoms with Crippen molar-refractivity contribution < 1.29 is 9.53 Å². The van der Waals surface area contributed by atoms with Crippen LogP contribution in [0.5, 0.6) is 0 Å². The van der Waals surface area contributed by atoms with Gasteiger partial charge in [0.05, 0.1) is 6.61 Å². The van der Waals surface area contributed by atoms with Crippen LogP contribution in [0.4, 0.5) is 5.82 Å². The van der Waals surface area contributed by atoms with Crippen LogP contribution in [0.2, 0.25) is 0 Å². The van der Waals surface area contributed by atoms with Crippen LogP contribution < -0.4 is 5.32 Å². The Morgan fingerprint density at radius 2 is 1.33 bits per heavy atom. The van der Waals surface area contributed by atoms with Gasteiger partial charge in [0.15, 0.2) is 5.82 Å². The smallest absolute Gasteiger partial charge is 0.343 e. The average Bonchev–Trinajstić information content (AvgIpc) is 3.28. The molecule has 30 heavy (non-hydrogen) atoms. The Kier molecular flexibility index (Phi) is 5.61. The van der Waals surface area contributed by atoms with Crippen molar-refractivity contribution in [2.45, 2.75) is 12.5 Å². The van der Waals surface area contributed by atoms with Crippen LogP contribution in [0, 0.1) is 0 Å². The van der Waals surface area contributed by atoms with Crippen LogP contribution in [0.1, 0.15) is 34.0 Å². The third-order valence-corrected chi connectivity index (χ3v) is 5.06. The van der Waals surface area contributed by atoms with Crippen molar-refractivity contribution in [2.75, 3.05) is 11.9 Å². The van der Waals surface area contributed by atoms with Crippen molar-refractivity contribution in [1.82, 2.24) is 10.2 Å². The first-order chi connectivity index (χ1) is 14.8. The summed E-state index contributed by atoms with van der Waals surface area (Å²) < 4.78 is 5.22. The minimum atomic E-state index is -0.764. The summed E-state index contributed by atoms with van der Waals surface area (Å²) in [5.74, 6) is 0.0156. The molecule has 0 bridgehead atoms. The summed E-state index contributed by atoms with van der Waals surface area (Å²) >= 11 is 0. The first-order valence-corrected chi connectivity index (χ1v) is 9.91. The van der Waals surface area contributed by atoms with E-state index in [1.807, 2.05) is 54.6 Å². The minimum Gasteiger partial charge on any atom is -0.462 e. The van der Waals surface area contributed by atoms with Gasteiger partial charge in [-0.05, 0) is 23.6 Å². The van der Waals surface area contributed by atoms with Gasteiger partial charge in [-0.3, -0.25) is 5.10 Å². The maximum atomic E-state index is 12.5. The quantitative estimate of drug-likeness (QED) is 0.341. The Balaban J connectivity index is 1.95. The third kappa shape index (κ3) is 3.57. The standard InChI is InChI=1S/C25H23N3O2/c1-2-30-24(29)22-18-26-28-23(22)27-25(19-12-6-3-7-13-19,20-14-8-4-9-15-20)21-16-10-5-11-17-21/h3-18H,2H2,1H3,(H2,26,27,28). The minimum absolute atomic E-state index is 0.296. The Bertz CT molecular complexity index is 996. The third-order valence-electron chi connectivity index (χ3n) is 5.06. The number of rotatable bonds is 7. The van der Waals surface area contributed by atoms with E-state index in [9.17, 15) is 4.79 Å². The summed E-state index contributed by atoms with van der Waals surface area (Å²) in [5, 5.41) is 10.7. The van der Waals surface area contributed by atoms with Gasteiger partial charge >= 0.3 is 5.97 Å². The van der Waals surface area contributed by atoms with Gasteiger partial charge in [0.2, 0.25) is 0 Å². The molecular formula is C25H23N3O2. The Hall–Kier alpha value is -3.86. The van der Waals surface area contributed by atoms with Crippen molar-refractivity contribution in [3.8, 4) is 0 Å². The van der Waals surface area contributed by atoms with Gasteiger partial charge in [0.25, 0.3) is 0 Å². The molecule has 5 heteroatoms. The molecule has 0 aliphatic carbocycles. The van der Waals surface area contributed by atoms with E-state index < -0.39 is 11.5 Å². The maximum Gasteiger partial charge on any atom is 0.343 e. The zero-order valence-electron chi connectivity index (χ0n) is 16.7. The lowest BCUT2D eigenvalue weighted by atomic mass is 9.77. The zero-order valence-corrected chi connectivity index (χ0v) is 16.7. The van der Waals surface area contributed by atoms with E-state index >= 15 is 0 Å². The molecule has 0 saturated heterocycles. The number of H-pyrrole nitrogens is 1. The first kappa shape index (κ1) is 19.5. The van der Waals surface area contributed by atoms with Crippen LogP contribution in [-0.4, -0.2) is 22.8 Å². The highest BCUT2D eigenvalue weighted by molar-refractivity contribution is 5.94. The molecule has 0 fully saturated rings. The Morgan fingerprint density at radius 1 is 0.867 bits per heavy atom. The van der Waals surface area contributed by atoms with Crippen molar-refractivity contribution in [3.63, 3.8) is 0 Å². The van der Waals surface area contributed by atoms with Crippen molar-refractivity contribution in [2.24, 2.45) is 0 Å². The number of benzene rings is 3. The molecule has 0 unspecified atom stereocenters. The van der Waals surface area contributed by atoms with E-state index in [1.54, 1.807) is 13.1 Å².